The molecule has 1 saturated heterocycles. The molecule has 1 fully saturated rings. The minimum Gasteiger partial charge on any atom is -0.316 e. The highest BCUT2D eigenvalue weighted by Gasteiger charge is 2.28. The summed E-state index contributed by atoms with van der Waals surface area (Å²) in [5.74, 6) is 0.182. The van der Waals surface area contributed by atoms with Gasteiger partial charge in [-0.1, -0.05) is 13.0 Å². The largest absolute Gasteiger partial charge is 0.316 e. The summed E-state index contributed by atoms with van der Waals surface area (Å²) in [6, 6.07) is 4.04. The van der Waals surface area contributed by atoms with Crippen LogP contribution < -0.4 is 10.0 Å². The van der Waals surface area contributed by atoms with Crippen LogP contribution in [0.2, 0.25) is 0 Å². The van der Waals surface area contributed by atoms with Gasteiger partial charge in [0, 0.05) is 12.3 Å². The van der Waals surface area contributed by atoms with Crippen molar-refractivity contribution >= 4 is 19.9 Å². The van der Waals surface area contributed by atoms with Crippen LogP contribution in [-0.2, 0) is 19.9 Å². The Hall–Kier alpha value is -0.960. The van der Waals surface area contributed by atoms with Crippen molar-refractivity contribution in [3.05, 3.63) is 23.8 Å². The first-order chi connectivity index (χ1) is 10.1. The first-order valence-corrected chi connectivity index (χ1v) is 10.5. The first kappa shape index (κ1) is 17.4. The number of piperidine rings is 1. The van der Waals surface area contributed by atoms with Gasteiger partial charge in [-0.3, -0.25) is 0 Å². The molecule has 0 radical (unpaired) electrons. The van der Waals surface area contributed by atoms with Crippen LogP contribution >= 0.6 is 0 Å². The van der Waals surface area contributed by atoms with Crippen molar-refractivity contribution < 1.29 is 16.8 Å². The Kier molecular flexibility index (Phi) is 4.96. The van der Waals surface area contributed by atoms with Gasteiger partial charge < -0.3 is 5.32 Å². The minimum atomic E-state index is -3.75. The summed E-state index contributed by atoms with van der Waals surface area (Å²) in [7, 11) is -7.20. The summed E-state index contributed by atoms with van der Waals surface area (Å²) in [6.45, 7) is 5.17. The molecule has 22 heavy (non-hydrogen) atoms. The Labute approximate surface area is 132 Å². The molecular formula is C14H22N2O4S2. The molecule has 2 unspecified atom stereocenters. The van der Waals surface area contributed by atoms with E-state index in [2.05, 4.69) is 10.0 Å². The van der Waals surface area contributed by atoms with Gasteiger partial charge in [0.15, 0.2) is 9.84 Å². The Morgan fingerprint density at radius 3 is 2.50 bits per heavy atom. The molecule has 2 N–H and O–H groups in total. The van der Waals surface area contributed by atoms with Gasteiger partial charge in [0.2, 0.25) is 10.0 Å². The minimum absolute atomic E-state index is 0.0110. The second-order valence-corrected chi connectivity index (χ2v) is 9.60. The van der Waals surface area contributed by atoms with Crippen molar-refractivity contribution in [3.8, 4) is 0 Å². The van der Waals surface area contributed by atoms with E-state index in [0.29, 0.717) is 12.0 Å². The summed E-state index contributed by atoms with van der Waals surface area (Å²) >= 11 is 0. The maximum absolute atomic E-state index is 12.6. The number of benzene rings is 1. The molecule has 0 aliphatic carbocycles. The number of rotatable bonds is 4. The van der Waals surface area contributed by atoms with Crippen LogP contribution in [0.5, 0.6) is 0 Å². The first-order valence-electron chi connectivity index (χ1n) is 7.15. The molecular weight excluding hydrogens is 324 g/mol. The molecule has 124 valence electrons. The van der Waals surface area contributed by atoms with Crippen molar-refractivity contribution in [2.45, 2.75) is 36.1 Å². The smallest absolute Gasteiger partial charge is 0.241 e. The fraction of sp³-hybridized carbons (Fsp3) is 0.571. The zero-order valence-electron chi connectivity index (χ0n) is 13.0. The molecule has 1 aliphatic rings. The molecule has 0 amide bonds. The van der Waals surface area contributed by atoms with Gasteiger partial charge in [0.05, 0.1) is 9.79 Å². The number of nitrogens with one attached hydrogen (secondary N) is 2. The van der Waals surface area contributed by atoms with Gasteiger partial charge >= 0.3 is 0 Å². The van der Waals surface area contributed by atoms with E-state index in [-0.39, 0.29) is 21.8 Å². The molecule has 6 nitrogen and oxygen atoms in total. The molecule has 1 aliphatic heterocycles. The fourth-order valence-electron chi connectivity index (χ4n) is 2.55. The van der Waals surface area contributed by atoms with Crippen molar-refractivity contribution in [1.29, 1.82) is 0 Å². The van der Waals surface area contributed by atoms with Crippen LogP contribution in [0, 0.1) is 12.8 Å². The predicted molar refractivity (Wildman–Crippen MR) is 85.0 cm³/mol. The lowest BCUT2D eigenvalue weighted by Crippen LogP contribution is -2.48. The van der Waals surface area contributed by atoms with Crippen LogP contribution in [0.4, 0.5) is 0 Å². The summed E-state index contributed by atoms with van der Waals surface area (Å²) in [6.07, 6.45) is 1.78. The van der Waals surface area contributed by atoms with Crippen molar-refractivity contribution in [2.75, 3.05) is 19.3 Å². The Bertz CT molecular complexity index is 757. The second-order valence-electron chi connectivity index (χ2n) is 5.90. The molecule has 1 heterocycles. The Balaban J connectivity index is 2.36. The molecule has 0 bridgehead atoms. The van der Waals surface area contributed by atoms with Crippen LogP contribution in [0.25, 0.3) is 0 Å². The lowest BCUT2D eigenvalue weighted by atomic mass is 9.97. The normalized spacial score (nSPS) is 23.4. The monoisotopic (exact) mass is 346 g/mol. The standard InChI is InChI=1S/C14H22N2O4S2/c1-10-4-5-12(21(3,17)18)8-14(10)22(19,20)16-13-6-7-15-9-11(13)2/h4-5,8,11,13,15-16H,6-7,9H2,1-3H3. The van der Waals surface area contributed by atoms with Gasteiger partial charge in [-0.15, -0.1) is 0 Å². The topological polar surface area (TPSA) is 92.3 Å². The van der Waals surface area contributed by atoms with Crippen LogP contribution in [0.3, 0.4) is 0 Å². The highest BCUT2D eigenvalue weighted by Crippen LogP contribution is 2.22. The average molecular weight is 346 g/mol. The van der Waals surface area contributed by atoms with E-state index in [0.717, 1.165) is 19.3 Å². The molecule has 2 rings (SSSR count). The van der Waals surface area contributed by atoms with E-state index >= 15 is 0 Å². The van der Waals surface area contributed by atoms with E-state index in [1.807, 2.05) is 6.92 Å². The highest BCUT2D eigenvalue weighted by atomic mass is 32.2. The molecule has 0 aromatic heterocycles. The molecule has 1 aromatic rings. The third kappa shape index (κ3) is 3.87. The van der Waals surface area contributed by atoms with Gasteiger partial charge in [-0.05, 0) is 50.0 Å². The second kappa shape index (κ2) is 6.27. The molecule has 0 saturated carbocycles. The zero-order chi connectivity index (χ0) is 16.5. The van der Waals surface area contributed by atoms with E-state index in [1.165, 1.54) is 18.2 Å². The Morgan fingerprint density at radius 2 is 1.91 bits per heavy atom. The SMILES string of the molecule is Cc1ccc(S(C)(=O)=O)cc1S(=O)(=O)NC1CCNCC1C. The van der Waals surface area contributed by atoms with E-state index < -0.39 is 19.9 Å². The lowest BCUT2D eigenvalue weighted by molar-refractivity contribution is 0.328. The Morgan fingerprint density at radius 1 is 1.23 bits per heavy atom. The van der Waals surface area contributed by atoms with Crippen molar-refractivity contribution in [1.82, 2.24) is 10.0 Å². The van der Waals surface area contributed by atoms with E-state index in [9.17, 15) is 16.8 Å². The fourth-order valence-corrected chi connectivity index (χ4v) is 4.92. The number of sulfone groups is 1. The van der Waals surface area contributed by atoms with Crippen molar-refractivity contribution in [3.63, 3.8) is 0 Å². The zero-order valence-corrected chi connectivity index (χ0v) is 14.6. The number of hydrogen-bond acceptors (Lipinski definition) is 5. The highest BCUT2D eigenvalue weighted by molar-refractivity contribution is 7.91. The maximum atomic E-state index is 12.6. The van der Waals surface area contributed by atoms with Gasteiger partial charge in [-0.2, -0.15) is 0 Å². The quantitative estimate of drug-likeness (QED) is 0.836. The summed E-state index contributed by atoms with van der Waals surface area (Å²) in [4.78, 5) is 0.0398. The van der Waals surface area contributed by atoms with Crippen molar-refractivity contribution in [2.24, 2.45) is 5.92 Å². The van der Waals surface area contributed by atoms with Crippen LogP contribution in [-0.4, -0.2) is 42.2 Å². The molecule has 2 atom stereocenters. The molecule has 0 spiro atoms. The number of sulfonamides is 1. The van der Waals surface area contributed by atoms with Crippen LogP contribution in [0.1, 0.15) is 18.9 Å². The average Bonchev–Trinajstić information content (AvgIpc) is 2.40. The van der Waals surface area contributed by atoms with Gasteiger partial charge in [0.25, 0.3) is 0 Å². The summed E-state index contributed by atoms with van der Waals surface area (Å²) < 4.78 is 51.2. The molecule has 8 heteroatoms. The van der Waals surface area contributed by atoms with E-state index in [1.54, 1.807) is 6.92 Å². The third-order valence-corrected chi connectivity index (χ3v) is 6.71. The maximum Gasteiger partial charge on any atom is 0.241 e. The van der Waals surface area contributed by atoms with Crippen LogP contribution in [0.15, 0.2) is 28.0 Å². The van der Waals surface area contributed by atoms with Gasteiger partial charge in [0.1, 0.15) is 0 Å². The summed E-state index contributed by atoms with van der Waals surface area (Å²) in [5, 5.41) is 3.22. The number of aryl methyl sites for hydroxylation is 1. The molecule has 1 aromatic carbocycles. The van der Waals surface area contributed by atoms with Gasteiger partial charge in [-0.25, -0.2) is 21.6 Å². The third-order valence-electron chi connectivity index (χ3n) is 3.97. The summed E-state index contributed by atoms with van der Waals surface area (Å²) in [5.41, 5.74) is 0.529. The predicted octanol–water partition coefficient (Wildman–Crippen LogP) is 0.675. The van der Waals surface area contributed by atoms with E-state index in [4.69, 9.17) is 0 Å². The number of hydrogen-bond donors (Lipinski definition) is 2. The lowest BCUT2D eigenvalue weighted by Gasteiger charge is -2.30.